The highest BCUT2D eigenvalue weighted by molar-refractivity contribution is 5.79. The van der Waals surface area contributed by atoms with Gasteiger partial charge in [-0.3, -0.25) is 5.10 Å². The molecule has 0 saturated heterocycles. The Morgan fingerprint density at radius 2 is 1.69 bits per heavy atom. The fraction of sp³-hybridized carbons (Fsp3) is 0.391. The van der Waals surface area contributed by atoms with Crippen molar-refractivity contribution >= 4 is 0 Å². The first kappa shape index (κ1) is 18.4. The molecule has 0 amide bonds. The second-order valence-corrected chi connectivity index (χ2v) is 7.07. The van der Waals surface area contributed by atoms with Crippen LogP contribution in [-0.2, 0) is 6.42 Å². The van der Waals surface area contributed by atoms with Gasteiger partial charge >= 0.3 is 0 Å². The molecule has 26 heavy (non-hydrogen) atoms. The van der Waals surface area contributed by atoms with Crippen LogP contribution in [0.2, 0.25) is 0 Å². The van der Waals surface area contributed by atoms with Crippen molar-refractivity contribution in [2.24, 2.45) is 0 Å². The third-order valence-corrected chi connectivity index (χ3v) is 4.98. The van der Waals surface area contributed by atoms with Gasteiger partial charge in [0.25, 0.3) is 0 Å². The molecule has 0 bridgehead atoms. The lowest BCUT2D eigenvalue weighted by Gasteiger charge is -2.07. The van der Waals surface area contributed by atoms with E-state index in [2.05, 4.69) is 77.8 Å². The Labute approximate surface area is 156 Å². The molecule has 3 nitrogen and oxygen atoms in total. The molecule has 3 heteroatoms. The summed E-state index contributed by atoms with van der Waals surface area (Å²) in [4.78, 5) is 0. The summed E-state index contributed by atoms with van der Waals surface area (Å²) >= 11 is 0. The number of rotatable bonds is 9. The molecule has 1 N–H and O–H groups in total. The summed E-state index contributed by atoms with van der Waals surface area (Å²) in [5, 5.41) is 11.5. The summed E-state index contributed by atoms with van der Waals surface area (Å²) in [7, 11) is 0. The van der Waals surface area contributed by atoms with Gasteiger partial charge in [-0.05, 0) is 37.0 Å². The Balaban J connectivity index is 1.71. The first-order valence-corrected chi connectivity index (χ1v) is 9.86. The number of hydrogen-bond donors (Lipinski definition) is 1. The molecule has 0 aliphatic carbocycles. The normalized spacial score (nSPS) is 11.0. The van der Waals surface area contributed by atoms with Crippen LogP contribution in [0.1, 0.15) is 56.6 Å². The maximum Gasteiger partial charge on any atom is 0.121 e. The minimum Gasteiger partial charge on any atom is -0.257 e. The van der Waals surface area contributed by atoms with Crippen molar-refractivity contribution in [2.75, 3.05) is 0 Å². The highest BCUT2D eigenvalue weighted by Crippen LogP contribution is 2.30. The summed E-state index contributed by atoms with van der Waals surface area (Å²) in [6.07, 6.45) is 9.13. The van der Waals surface area contributed by atoms with Crippen molar-refractivity contribution in [3.05, 3.63) is 59.7 Å². The zero-order valence-corrected chi connectivity index (χ0v) is 16.0. The Kier molecular flexibility index (Phi) is 6.59. The highest BCUT2D eigenvalue weighted by atomic mass is 15.3. The SMILES string of the molecule is CCCCCCCCc1cccc(-c2[nH]nnc2-c2ccccc2C)c1. The minimum absolute atomic E-state index is 0.930. The Morgan fingerprint density at radius 3 is 2.54 bits per heavy atom. The molecular formula is C23H29N3. The van der Waals surface area contributed by atoms with Crippen LogP contribution in [0.15, 0.2) is 48.5 Å². The highest BCUT2D eigenvalue weighted by Gasteiger charge is 2.13. The van der Waals surface area contributed by atoms with Crippen LogP contribution >= 0.6 is 0 Å². The molecule has 0 fully saturated rings. The number of aromatic nitrogens is 3. The zero-order chi connectivity index (χ0) is 18.2. The fourth-order valence-corrected chi connectivity index (χ4v) is 3.45. The van der Waals surface area contributed by atoms with E-state index < -0.39 is 0 Å². The molecule has 2 aromatic carbocycles. The molecule has 0 saturated carbocycles. The lowest BCUT2D eigenvalue weighted by atomic mass is 9.98. The topological polar surface area (TPSA) is 41.6 Å². The Hall–Kier alpha value is -2.42. The van der Waals surface area contributed by atoms with Gasteiger partial charge in [0, 0.05) is 11.1 Å². The number of nitrogens with zero attached hydrogens (tertiary/aromatic N) is 2. The first-order chi connectivity index (χ1) is 12.8. The molecular weight excluding hydrogens is 318 g/mol. The van der Waals surface area contributed by atoms with Crippen LogP contribution in [0.5, 0.6) is 0 Å². The average molecular weight is 348 g/mol. The summed E-state index contributed by atoms with van der Waals surface area (Å²) in [5.41, 5.74) is 6.84. The molecule has 0 aliphatic heterocycles. The van der Waals surface area contributed by atoms with E-state index >= 15 is 0 Å². The smallest absolute Gasteiger partial charge is 0.121 e. The molecule has 1 heterocycles. The number of aryl methyl sites for hydroxylation is 2. The van der Waals surface area contributed by atoms with Crippen LogP contribution in [0.3, 0.4) is 0 Å². The fourth-order valence-electron chi connectivity index (χ4n) is 3.45. The number of aromatic amines is 1. The Bertz CT molecular complexity index is 820. The van der Waals surface area contributed by atoms with E-state index in [1.165, 1.54) is 49.7 Å². The third kappa shape index (κ3) is 4.60. The summed E-state index contributed by atoms with van der Waals surface area (Å²) < 4.78 is 0. The quantitative estimate of drug-likeness (QED) is 0.458. The third-order valence-electron chi connectivity index (χ3n) is 4.98. The molecule has 1 aromatic heterocycles. The molecule has 0 radical (unpaired) electrons. The van der Waals surface area contributed by atoms with Gasteiger partial charge in [-0.1, -0.05) is 86.7 Å². The van der Waals surface area contributed by atoms with Crippen molar-refractivity contribution in [2.45, 2.75) is 58.8 Å². The van der Waals surface area contributed by atoms with E-state index in [0.717, 1.165) is 28.9 Å². The van der Waals surface area contributed by atoms with E-state index in [1.807, 2.05) is 0 Å². The van der Waals surface area contributed by atoms with Crippen LogP contribution in [0, 0.1) is 6.92 Å². The zero-order valence-electron chi connectivity index (χ0n) is 16.0. The largest absolute Gasteiger partial charge is 0.257 e. The summed E-state index contributed by atoms with van der Waals surface area (Å²) in [6, 6.07) is 17.1. The molecule has 3 rings (SSSR count). The molecule has 0 atom stereocenters. The number of nitrogens with one attached hydrogen (secondary N) is 1. The van der Waals surface area contributed by atoms with Crippen molar-refractivity contribution in [1.29, 1.82) is 0 Å². The van der Waals surface area contributed by atoms with E-state index in [4.69, 9.17) is 0 Å². The standard InChI is InChI=1S/C23H29N3/c1-3-4-5-6-7-8-13-19-14-11-15-20(17-19)22-23(25-26-24-22)21-16-10-9-12-18(21)2/h9-12,14-17H,3-8,13H2,1-2H3,(H,24,25,26). The molecule has 0 spiro atoms. The first-order valence-electron chi connectivity index (χ1n) is 9.86. The van der Waals surface area contributed by atoms with Crippen LogP contribution < -0.4 is 0 Å². The lowest BCUT2D eigenvalue weighted by Crippen LogP contribution is -1.90. The van der Waals surface area contributed by atoms with Crippen molar-refractivity contribution in [1.82, 2.24) is 15.4 Å². The van der Waals surface area contributed by atoms with E-state index in [9.17, 15) is 0 Å². The molecule has 136 valence electrons. The second-order valence-electron chi connectivity index (χ2n) is 7.07. The minimum atomic E-state index is 0.930. The number of benzene rings is 2. The van der Waals surface area contributed by atoms with Crippen LogP contribution in [0.4, 0.5) is 0 Å². The van der Waals surface area contributed by atoms with Crippen LogP contribution in [0.25, 0.3) is 22.5 Å². The van der Waals surface area contributed by atoms with E-state index in [1.54, 1.807) is 0 Å². The van der Waals surface area contributed by atoms with Crippen molar-refractivity contribution in [3.8, 4) is 22.5 Å². The lowest BCUT2D eigenvalue weighted by molar-refractivity contribution is 0.607. The molecule has 0 aliphatic rings. The Morgan fingerprint density at radius 1 is 0.885 bits per heavy atom. The summed E-state index contributed by atoms with van der Waals surface area (Å²) in [5.74, 6) is 0. The monoisotopic (exact) mass is 347 g/mol. The van der Waals surface area contributed by atoms with Gasteiger partial charge in [0.1, 0.15) is 5.69 Å². The van der Waals surface area contributed by atoms with Gasteiger partial charge in [-0.25, -0.2) is 0 Å². The predicted molar refractivity (Wildman–Crippen MR) is 109 cm³/mol. The van der Waals surface area contributed by atoms with Gasteiger partial charge < -0.3 is 0 Å². The van der Waals surface area contributed by atoms with Gasteiger partial charge in [0.2, 0.25) is 0 Å². The maximum absolute atomic E-state index is 4.35. The number of H-pyrrole nitrogens is 1. The number of unbranched alkanes of at least 4 members (excludes halogenated alkanes) is 5. The average Bonchev–Trinajstić information content (AvgIpc) is 3.15. The van der Waals surface area contributed by atoms with E-state index in [0.29, 0.717) is 0 Å². The number of hydrogen-bond acceptors (Lipinski definition) is 2. The second kappa shape index (κ2) is 9.33. The van der Waals surface area contributed by atoms with Gasteiger partial charge in [0.05, 0.1) is 5.69 Å². The summed E-state index contributed by atoms with van der Waals surface area (Å²) in [6.45, 7) is 4.38. The van der Waals surface area contributed by atoms with Gasteiger partial charge in [-0.15, -0.1) is 5.10 Å². The predicted octanol–water partition coefficient (Wildman–Crippen LogP) is 6.35. The van der Waals surface area contributed by atoms with Gasteiger partial charge in [0.15, 0.2) is 0 Å². The molecule has 3 aromatic rings. The van der Waals surface area contributed by atoms with Crippen LogP contribution in [-0.4, -0.2) is 15.4 Å². The van der Waals surface area contributed by atoms with Crippen molar-refractivity contribution < 1.29 is 0 Å². The van der Waals surface area contributed by atoms with Gasteiger partial charge in [-0.2, -0.15) is 0 Å². The molecule has 0 unspecified atom stereocenters. The van der Waals surface area contributed by atoms with Crippen molar-refractivity contribution in [3.63, 3.8) is 0 Å². The van der Waals surface area contributed by atoms with E-state index in [-0.39, 0.29) is 0 Å². The maximum atomic E-state index is 4.35.